The van der Waals surface area contributed by atoms with Crippen LogP contribution in [0.3, 0.4) is 0 Å². The fourth-order valence-electron chi connectivity index (χ4n) is 8.50. The zero-order chi connectivity index (χ0) is 66.7. The number of methoxy groups -OCH3 is 4. The van der Waals surface area contributed by atoms with E-state index < -0.39 is 39.8 Å². The number of aromatic hydroxyl groups is 5. The summed E-state index contributed by atoms with van der Waals surface area (Å²) in [6.45, 7) is 0. The molecule has 2 aromatic heterocycles. The third-order valence-electron chi connectivity index (χ3n) is 13.1. The van der Waals surface area contributed by atoms with E-state index in [0.717, 1.165) is 41.7 Å². The topological polar surface area (TPSA) is 312 Å². The predicted molar refractivity (Wildman–Crippen MR) is 345 cm³/mol. The van der Waals surface area contributed by atoms with Gasteiger partial charge in [0.25, 0.3) is 0 Å². The molecule has 0 aliphatic carbocycles. The van der Waals surface area contributed by atoms with Gasteiger partial charge in [-0.1, -0.05) is 60.7 Å². The summed E-state index contributed by atoms with van der Waals surface area (Å²) in [5.74, 6) is -2.15. The lowest BCUT2D eigenvalue weighted by atomic mass is 10.1. The molecule has 21 nitrogen and oxygen atoms in total. The van der Waals surface area contributed by atoms with Crippen LogP contribution in [-0.4, -0.2) is 83.4 Å². The Morgan fingerprint density at radius 3 is 1.37 bits per heavy atom. The molecule has 0 saturated heterocycles. The summed E-state index contributed by atoms with van der Waals surface area (Å²) in [7, 11) is 6.13. The number of carbonyl (C=O) groups excluding carboxylic acids is 5. The molecule has 0 atom stereocenters. The number of hydrogen-bond acceptors (Lipinski definition) is 21. The zero-order valence-corrected chi connectivity index (χ0v) is 50.2. The molecular formula is C71H53ClO21. The van der Waals surface area contributed by atoms with Crippen molar-refractivity contribution in [3.8, 4) is 91.6 Å². The Kier molecular flexibility index (Phi) is 22.1. The van der Waals surface area contributed by atoms with E-state index >= 15 is 0 Å². The Labute approximate surface area is 532 Å². The van der Waals surface area contributed by atoms with Crippen molar-refractivity contribution < 1.29 is 91.5 Å². The van der Waals surface area contributed by atoms with Crippen molar-refractivity contribution in [3.63, 3.8) is 0 Å². The van der Waals surface area contributed by atoms with Crippen LogP contribution >= 0.6 is 11.6 Å². The molecule has 470 valence electrons. The van der Waals surface area contributed by atoms with Gasteiger partial charge in [-0.2, -0.15) is 0 Å². The number of phenols is 5. The van der Waals surface area contributed by atoms with Crippen molar-refractivity contribution in [1.29, 1.82) is 0 Å². The summed E-state index contributed by atoms with van der Waals surface area (Å²) < 4.78 is 48.8. The van der Waals surface area contributed by atoms with Gasteiger partial charge in [0.05, 0.1) is 28.4 Å². The molecule has 10 rings (SSSR count). The zero-order valence-electron chi connectivity index (χ0n) is 49.4. The van der Waals surface area contributed by atoms with E-state index in [1.54, 1.807) is 79.9 Å². The Morgan fingerprint density at radius 2 is 0.839 bits per heavy atom. The van der Waals surface area contributed by atoms with E-state index in [9.17, 15) is 59.1 Å². The number of rotatable bonds is 18. The molecule has 0 amide bonds. The fourth-order valence-corrected chi connectivity index (χ4v) is 8.57. The predicted octanol–water partition coefficient (Wildman–Crippen LogP) is 12.6. The first-order valence-electron chi connectivity index (χ1n) is 27.3. The summed E-state index contributed by atoms with van der Waals surface area (Å²) >= 11 is 5.14. The molecule has 2 heterocycles. The minimum absolute atomic E-state index is 0.0163. The molecule has 0 aliphatic heterocycles. The highest BCUT2D eigenvalue weighted by Gasteiger charge is 2.19. The van der Waals surface area contributed by atoms with Crippen molar-refractivity contribution in [1.82, 2.24) is 0 Å². The molecule has 10 aromatic rings. The summed E-state index contributed by atoms with van der Waals surface area (Å²) in [4.78, 5) is 85.4. The monoisotopic (exact) mass is 1280 g/mol. The van der Waals surface area contributed by atoms with E-state index in [1.807, 2.05) is 24.3 Å². The van der Waals surface area contributed by atoms with E-state index in [1.165, 1.54) is 106 Å². The standard InChI is InChI=1S/C46H34O13.C15H10O6.C10H9ClO2/c1-53-33-15-8-29(9-16-33)12-20-45(52)59-41-23-32(14-18-38(41)58-44(51)21-13-30-10-17-37(54-2)40(22-30)55-3)39-26-36(49)46-35(48)24-34(25-42(46)57-39)56-43(50)19-11-28-4-6-31(27-47)7-5-28;16-8-4-11(19)15-12(20)6-13(21-14(15)5-8)7-1-2-9(17)10(18)3-7;1-13-9-5-2-8(3-6-9)4-7-10(11)12/h4-27,48H,1-3H3;1-6,16-19H;2-7H,1H3/b19-11+,20-12+,21-13+;;7-4+. The number of esters is 3. The third kappa shape index (κ3) is 18.0. The number of allylic oxidation sites excluding steroid dienone is 1. The van der Waals surface area contributed by atoms with Gasteiger partial charge >= 0.3 is 17.9 Å². The maximum Gasteiger partial charge on any atom is 0.336 e. The van der Waals surface area contributed by atoms with Gasteiger partial charge in [0.1, 0.15) is 74.2 Å². The second-order valence-corrected chi connectivity index (χ2v) is 19.7. The number of benzene rings is 8. The van der Waals surface area contributed by atoms with Gasteiger partial charge < -0.3 is 67.5 Å². The maximum absolute atomic E-state index is 13.3. The average Bonchev–Trinajstić information content (AvgIpc) is 1.02. The van der Waals surface area contributed by atoms with Crippen LogP contribution in [0.25, 0.3) is 68.9 Å². The lowest BCUT2D eigenvalue weighted by molar-refractivity contribution is -0.131. The van der Waals surface area contributed by atoms with Gasteiger partial charge in [-0.15, -0.1) is 0 Å². The normalized spacial score (nSPS) is 11.0. The minimum Gasteiger partial charge on any atom is -0.508 e. The van der Waals surface area contributed by atoms with E-state index in [4.69, 9.17) is 53.6 Å². The van der Waals surface area contributed by atoms with Crippen LogP contribution in [0.1, 0.15) is 32.6 Å². The van der Waals surface area contributed by atoms with E-state index in [-0.39, 0.29) is 79.3 Å². The van der Waals surface area contributed by atoms with Gasteiger partial charge in [-0.05, 0) is 131 Å². The number of phenolic OH excluding ortho intramolecular Hbond substituents is 5. The van der Waals surface area contributed by atoms with Gasteiger partial charge in [0.2, 0.25) is 5.24 Å². The van der Waals surface area contributed by atoms with Crippen LogP contribution in [0.2, 0.25) is 0 Å². The van der Waals surface area contributed by atoms with Crippen LogP contribution < -0.4 is 44.0 Å². The summed E-state index contributed by atoms with van der Waals surface area (Å²) in [5.41, 5.74) is 2.67. The molecule has 0 spiro atoms. The van der Waals surface area contributed by atoms with Gasteiger partial charge in [-0.3, -0.25) is 19.2 Å². The summed E-state index contributed by atoms with van der Waals surface area (Å²) in [6.07, 6.45) is 11.7. The summed E-state index contributed by atoms with van der Waals surface area (Å²) in [5, 5.41) is 47.9. The highest BCUT2D eigenvalue weighted by atomic mass is 35.5. The first-order valence-corrected chi connectivity index (χ1v) is 27.7. The average molecular weight is 1280 g/mol. The number of hydrogen-bond donors (Lipinski definition) is 5. The smallest absolute Gasteiger partial charge is 0.336 e. The van der Waals surface area contributed by atoms with E-state index in [0.29, 0.717) is 51.4 Å². The Hall–Kier alpha value is -12.6. The number of carbonyl (C=O) groups is 5. The second kappa shape index (κ2) is 31.0. The van der Waals surface area contributed by atoms with Crippen molar-refractivity contribution in [2.75, 3.05) is 28.4 Å². The molecule has 93 heavy (non-hydrogen) atoms. The van der Waals surface area contributed by atoms with Crippen molar-refractivity contribution in [3.05, 3.63) is 236 Å². The van der Waals surface area contributed by atoms with Crippen molar-refractivity contribution in [2.24, 2.45) is 0 Å². The van der Waals surface area contributed by atoms with Crippen LogP contribution in [-0.2, 0) is 19.2 Å². The van der Waals surface area contributed by atoms with Crippen LogP contribution in [0.15, 0.2) is 207 Å². The molecule has 0 fully saturated rings. The van der Waals surface area contributed by atoms with Gasteiger partial charge in [0, 0.05) is 71.3 Å². The van der Waals surface area contributed by atoms with Gasteiger partial charge in [0.15, 0.2) is 45.4 Å². The Bertz CT molecular complexity index is 4670. The minimum atomic E-state index is -0.820. The van der Waals surface area contributed by atoms with Crippen molar-refractivity contribution in [2.45, 2.75) is 0 Å². The molecule has 0 unspecified atom stereocenters. The highest BCUT2D eigenvalue weighted by Crippen LogP contribution is 2.38. The molecule has 0 bridgehead atoms. The van der Waals surface area contributed by atoms with Gasteiger partial charge in [-0.25, -0.2) is 14.4 Å². The number of ether oxygens (including phenoxy) is 7. The van der Waals surface area contributed by atoms with Crippen LogP contribution in [0, 0.1) is 0 Å². The molecule has 0 saturated carbocycles. The SMILES string of the molecule is COc1ccc(/C=C/C(=O)Cl)cc1.COc1ccc(/C=C/C(=O)Oc2cc(-c3cc(=O)c4c(O)cc(OC(=O)/C=C/c5ccc(C=O)cc5)cc4o3)ccc2OC(=O)/C=C/c2ccc(OC)c(OC)c2)cc1.O=c1cc(-c2ccc(O)c(O)c2)oc2cc(O)cc(O)c12. The van der Waals surface area contributed by atoms with Crippen LogP contribution in [0.4, 0.5) is 0 Å². The highest BCUT2D eigenvalue weighted by molar-refractivity contribution is 6.66. The quantitative estimate of drug-likeness (QED) is 0.0133. The molecule has 0 aliphatic rings. The fraction of sp³-hybridized carbons (Fsp3) is 0.0563. The molecular weight excluding hydrogens is 1220 g/mol. The largest absolute Gasteiger partial charge is 0.508 e. The molecule has 22 heteroatoms. The summed E-state index contributed by atoms with van der Waals surface area (Å²) in [6, 6.07) is 40.8. The Balaban J connectivity index is 0.000000263. The molecule has 5 N–H and O–H groups in total. The Morgan fingerprint density at radius 1 is 0.387 bits per heavy atom. The third-order valence-corrected chi connectivity index (χ3v) is 13.2. The molecule has 0 radical (unpaired) electrons. The van der Waals surface area contributed by atoms with Crippen LogP contribution in [0.5, 0.6) is 69.0 Å². The second-order valence-electron chi connectivity index (χ2n) is 19.3. The lowest BCUT2D eigenvalue weighted by Crippen LogP contribution is -2.09. The van der Waals surface area contributed by atoms with E-state index in [2.05, 4.69) is 0 Å². The number of fused-ring (bicyclic) bond motifs is 2. The first kappa shape index (κ1) is 66.3. The maximum atomic E-state index is 13.3. The first-order chi connectivity index (χ1) is 44.7. The van der Waals surface area contributed by atoms with Crippen molar-refractivity contribution >= 4 is 87.3 Å². The number of aldehydes is 1. The number of halogens is 1. The lowest BCUT2D eigenvalue weighted by Gasteiger charge is -2.12. The molecule has 8 aromatic carbocycles.